The average molecular weight is 376 g/mol. The molecule has 4 aromatic rings. The topological polar surface area (TPSA) is 70.5 Å². The fourth-order valence-corrected chi connectivity index (χ4v) is 4.09. The molecule has 6 nitrogen and oxygen atoms in total. The van der Waals surface area contributed by atoms with Gasteiger partial charge in [-0.25, -0.2) is 4.85 Å². The Morgan fingerprint density at radius 3 is 2.34 bits per heavy atom. The summed E-state index contributed by atoms with van der Waals surface area (Å²) >= 11 is 0. The number of nitrogens with zero attached hydrogens (tertiary/aromatic N) is 4. The van der Waals surface area contributed by atoms with E-state index in [2.05, 4.69) is 10.9 Å². The van der Waals surface area contributed by atoms with E-state index in [4.69, 9.17) is 6.57 Å². The highest BCUT2D eigenvalue weighted by atomic mass is 16.2. The van der Waals surface area contributed by atoms with Gasteiger partial charge < -0.3 is 4.57 Å². The molecule has 136 valence electrons. The van der Waals surface area contributed by atoms with E-state index in [1.54, 1.807) is 47.0 Å². The lowest BCUT2D eigenvalue weighted by Gasteiger charge is -2.13. The molecule has 5 rings (SSSR count). The highest BCUT2D eigenvalue weighted by molar-refractivity contribution is 6.24. The summed E-state index contributed by atoms with van der Waals surface area (Å²) in [5.74, 6) is -0.760. The van der Waals surface area contributed by atoms with Crippen LogP contribution in [-0.4, -0.2) is 28.3 Å². The van der Waals surface area contributed by atoms with Gasteiger partial charge in [0.1, 0.15) is 6.07 Å². The molecule has 0 atom stereocenters. The average Bonchev–Trinajstić information content (AvgIpc) is 3.21. The highest BCUT2D eigenvalue weighted by Crippen LogP contribution is 2.40. The number of nitriles is 1. The number of hydrogen-bond acceptors (Lipinski definition) is 3. The highest BCUT2D eigenvalue weighted by Gasteiger charge is 2.36. The van der Waals surface area contributed by atoms with Gasteiger partial charge in [-0.2, -0.15) is 5.26 Å². The maximum atomic E-state index is 12.9. The Hall–Kier alpha value is -4.42. The Morgan fingerprint density at radius 1 is 0.931 bits per heavy atom. The first-order valence-electron chi connectivity index (χ1n) is 8.88. The van der Waals surface area contributed by atoms with Gasteiger partial charge in [0.15, 0.2) is 0 Å². The number of carbonyl (C=O) groups is 2. The van der Waals surface area contributed by atoms with E-state index < -0.39 is 5.91 Å². The normalized spacial score (nSPS) is 13.0. The van der Waals surface area contributed by atoms with Crippen molar-refractivity contribution in [2.24, 2.45) is 0 Å². The molecule has 2 amide bonds. The molecule has 0 spiro atoms. The maximum Gasteiger partial charge on any atom is 0.263 e. The van der Waals surface area contributed by atoms with Crippen LogP contribution in [0.25, 0.3) is 32.3 Å². The maximum absolute atomic E-state index is 12.9. The number of imide groups is 1. The molecule has 1 aliphatic rings. The SMILES string of the molecule is [C-]#[N+]c1cccc2c3cccc(C#N)c3n(-c3cccc4c3C(=O)N(C)C4=O)c12. The van der Waals surface area contributed by atoms with Crippen molar-refractivity contribution in [2.75, 3.05) is 7.05 Å². The molecular formula is C23H12N4O2. The number of aromatic nitrogens is 1. The second-order valence-corrected chi connectivity index (χ2v) is 6.80. The number of fused-ring (bicyclic) bond motifs is 4. The first kappa shape index (κ1) is 16.7. The van der Waals surface area contributed by atoms with Crippen molar-refractivity contribution < 1.29 is 9.59 Å². The zero-order valence-corrected chi connectivity index (χ0v) is 15.3. The van der Waals surface area contributed by atoms with Gasteiger partial charge in [-0.15, -0.1) is 0 Å². The second kappa shape index (κ2) is 5.79. The second-order valence-electron chi connectivity index (χ2n) is 6.80. The van der Waals surface area contributed by atoms with Crippen molar-refractivity contribution in [3.63, 3.8) is 0 Å². The molecule has 0 bridgehead atoms. The van der Waals surface area contributed by atoms with Gasteiger partial charge in [0.05, 0.1) is 40.0 Å². The lowest BCUT2D eigenvalue weighted by atomic mass is 10.1. The smallest absolute Gasteiger partial charge is 0.263 e. The summed E-state index contributed by atoms with van der Waals surface area (Å²) < 4.78 is 1.78. The molecule has 0 radical (unpaired) electrons. The zero-order chi connectivity index (χ0) is 20.3. The number of amides is 2. The van der Waals surface area contributed by atoms with Crippen LogP contribution >= 0.6 is 0 Å². The van der Waals surface area contributed by atoms with Crippen molar-refractivity contribution in [3.05, 3.63) is 82.7 Å². The molecule has 1 aliphatic heterocycles. The third-order valence-electron chi connectivity index (χ3n) is 5.37. The fraction of sp³-hybridized carbons (Fsp3) is 0.0435. The predicted molar refractivity (Wildman–Crippen MR) is 108 cm³/mol. The molecule has 0 saturated heterocycles. The summed E-state index contributed by atoms with van der Waals surface area (Å²) in [5.41, 5.74) is 3.16. The molecule has 2 heterocycles. The van der Waals surface area contributed by atoms with Crippen LogP contribution in [-0.2, 0) is 0 Å². The summed E-state index contributed by atoms with van der Waals surface area (Å²) in [5, 5.41) is 11.4. The van der Waals surface area contributed by atoms with Gasteiger partial charge in [0.2, 0.25) is 5.69 Å². The van der Waals surface area contributed by atoms with Crippen LogP contribution in [0, 0.1) is 17.9 Å². The first-order chi connectivity index (χ1) is 14.1. The van der Waals surface area contributed by atoms with Crippen LogP contribution in [0.5, 0.6) is 0 Å². The van der Waals surface area contributed by atoms with Gasteiger partial charge in [-0.05, 0) is 23.6 Å². The standard InChI is InChI=1S/C23H12N4O2/c1-25-17-10-4-8-15-14-7-3-6-13(12-24)20(14)27(21(15)17)18-11-5-9-16-19(18)23(29)26(2)22(16)28/h3-11H,2H3. The van der Waals surface area contributed by atoms with Crippen molar-refractivity contribution in [3.8, 4) is 11.8 Å². The van der Waals surface area contributed by atoms with Crippen LogP contribution in [0.4, 0.5) is 5.69 Å². The van der Waals surface area contributed by atoms with Crippen molar-refractivity contribution in [1.82, 2.24) is 9.47 Å². The summed E-state index contributed by atoms with van der Waals surface area (Å²) in [6.07, 6.45) is 0. The van der Waals surface area contributed by atoms with E-state index >= 15 is 0 Å². The largest absolute Gasteiger partial charge is 0.317 e. The molecule has 3 aromatic carbocycles. The van der Waals surface area contributed by atoms with Crippen LogP contribution in [0.15, 0.2) is 54.6 Å². The first-order valence-corrected chi connectivity index (χ1v) is 8.88. The van der Waals surface area contributed by atoms with Crippen molar-refractivity contribution in [2.45, 2.75) is 0 Å². The fourth-order valence-electron chi connectivity index (χ4n) is 4.09. The monoisotopic (exact) mass is 376 g/mol. The quantitative estimate of drug-likeness (QED) is 0.364. The molecule has 0 unspecified atom stereocenters. The van der Waals surface area contributed by atoms with E-state index in [1.807, 2.05) is 12.1 Å². The third-order valence-corrected chi connectivity index (χ3v) is 5.37. The van der Waals surface area contributed by atoms with Crippen LogP contribution in [0.3, 0.4) is 0 Å². The van der Waals surface area contributed by atoms with Crippen molar-refractivity contribution >= 4 is 39.3 Å². The Bertz CT molecular complexity index is 1410. The van der Waals surface area contributed by atoms with E-state index in [0.29, 0.717) is 33.5 Å². The van der Waals surface area contributed by atoms with Crippen molar-refractivity contribution in [1.29, 1.82) is 5.26 Å². The minimum atomic E-state index is -0.398. The van der Waals surface area contributed by atoms with E-state index in [9.17, 15) is 14.9 Å². The summed E-state index contributed by atoms with van der Waals surface area (Å²) in [6.45, 7) is 7.63. The third kappa shape index (κ3) is 2.03. The molecular weight excluding hydrogens is 364 g/mol. The predicted octanol–water partition coefficient (Wildman–Crippen LogP) is 4.43. The lowest BCUT2D eigenvalue weighted by Crippen LogP contribution is -2.24. The Kier molecular flexibility index (Phi) is 3.34. The van der Waals surface area contributed by atoms with E-state index in [0.717, 1.165) is 15.7 Å². The number of hydrogen-bond donors (Lipinski definition) is 0. The van der Waals surface area contributed by atoms with Crippen LogP contribution in [0.2, 0.25) is 0 Å². The van der Waals surface area contributed by atoms with Crippen LogP contribution in [0.1, 0.15) is 26.3 Å². The van der Waals surface area contributed by atoms with E-state index in [-0.39, 0.29) is 11.5 Å². The van der Waals surface area contributed by atoms with Gasteiger partial charge >= 0.3 is 0 Å². The van der Waals surface area contributed by atoms with Gasteiger partial charge in [0.25, 0.3) is 11.8 Å². The van der Waals surface area contributed by atoms with Gasteiger partial charge in [-0.1, -0.05) is 36.4 Å². The summed E-state index contributed by atoms with van der Waals surface area (Å²) in [7, 11) is 1.45. The summed E-state index contributed by atoms with van der Waals surface area (Å²) in [6, 6.07) is 18.1. The molecule has 0 saturated carbocycles. The van der Waals surface area contributed by atoms with Gasteiger partial charge in [0, 0.05) is 12.4 Å². The molecule has 1 aromatic heterocycles. The summed E-state index contributed by atoms with van der Waals surface area (Å²) in [4.78, 5) is 30.1. The minimum Gasteiger partial charge on any atom is -0.317 e. The molecule has 0 N–H and O–H groups in total. The lowest BCUT2D eigenvalue weighted by molar-refractivity contribution is 0.0693. The molecule has 0 fully saturated rings. The minimum absolute atomic E-state index is 0.284. The molecule has 29 heavy (non-hydrogen) atoms. The van der Waals surface area contributed by atoms with E-state index in [1.165, 1.54) is 7.05 Å². The number of carbonyl (C=O) groups excluding carboxylic acids is 2. The zero-order valence-electron chi connectivity index (χ0n) is 15.3. The number of para-hydroxylation sites is 2. The Balaban J connectivity index is 2.06. The molecule has 6 heteroatoms. The number of benzene rings is 3. The Morgan fingerprint density at radius 2 is 1.62 bits per heavy atom. The van der Waals surface area contributed by atoms with Crippen LogP contribution < -0.4 is 0 Å². The van der Waals surface area contributed by atoms with Gasteiger partial charge in [-0.3, -0.25) is 14.5 Å². The Labute approximate surface area is 165 Å². The molecule has 0 aliphatic carbocycles. The number of rotatable bonds is 1.